The Hall–Kier alpha value is -1.35. The van der Waals surface area contributed by atoms with Crippen molar-refractivity contribution in [3.63, 3.8) is 0 Å². The van der Waals surface area contributed by atoms with E-state index in [-0.39, 0.29) is 0 Å². The summed E-state index contributed by atoms with van der Waals surface area (Å²) in [4.78, 5) is 14.3. The molecule has 1 N–H and O–H groups in total. The number of hydrogen-bond acceptors (Lipinski definition) is 2. The van der Waals surface area contributed by atoms with E-state index in [4.69, 9.17) is 0 Å². The number of hydrogen-bond donors (Lipinski definition) is 1. The van der Waals surface area contributed by atoms with Crippen LogP contribution in [0, 0.1) is 11.8 Å². The molecule has 1 fully saturated rings. The molecule has 21 heavy (non-hydrogen) atoms. The molecule has 1 amide bonds. The Balaban J connectivity index is 1.87. The summed E-state index contributed by atoms with van der Waals surface area (Å²) >= 11 is 0. The smallest absolute Gasteiger partial charge is 0.222 e. The molecule has 2 rings (SSSR count). The molecule has 0 aromatic heterocycles. The van der Waals surface area contributed by atoms with E-state index in [0.717, 1.165) is 26.1 Å². The van der Waals surface area contributed by atoms with Crippen molar-refractivity contribution < 1.29 is 4.79 Å². The number of piperidine rings is 1. The fourth-order valence-electron chi connectivity index (χ4n) is 3.04. The molecule has 2 unspecified atom stereocenters. The summed E-state index contributed by atoms with van der Waals surface area (Å²) in [5, 5.41) is 3.61. The Morgan fingerprint density at radius 2 is 2.00 bits per heavy atom. The van der Waals surface area contributed by atoms with Gasteiger partial charge in [0, 0.05) is 32.1 Å². The molecule has 0 radical (unpaired) electrons. The monoisotopic (exact) mass is 288 g/mol. The zero-order valence-electron chi connectivity index (χ0n) is 13.5. The van der Waals surface area contributed by atoms with Crippen LogP contribution in [0.25, 0.3) is 0 Å². The minimum Gasteiger partial charge on any atom is -0.341 e. The van der Waals surface area contributed by atoms with E-state index in [2.05, 4.69) is 55.3 Å². The highest BCUT2D eigenvalue weighted by Gasteiger charge is 2.27. The van der Waals surface area contributed by atoms with Crippen molar-refractivity contribution in [3.8, 4) is 0 Å². The lowest BCUT2D eigenvalue weighted by Crippen LogP contribution is -2.50. The molecular weight excluding hydrogens is 260 g/mol. The number of rotatable bonds is 5. The van der Waals surface area contributed by atoms with Crippen molar-refractivity contribution in [1.29, 1.82) is 0 Å². The molecule has 1 aliphatic rings. The third-order valence-corrected chi connectivity index (χ3v) is 4.03. The Labute approximate surface area is 128 Å². The number of carbonyl (C=O) groups excluding carboxylic acids is 1. The lowest BCUT2D eigenvalue weighted by atomic mass is 9.95. The lowest BCUT2D eigenvalue weighted by molar-refractivity contribution is -0.134. The first kappa shape index (κ1) is 16.0. The van der Waals surface area contributed by atoms with Crippen molar-refractivity contribution in [2.45, 2.75) is 46.2 Å². The number of carbonyl (C=O) groups is 1. The van der Waals surface area contributed by atoms with Crippen LogP contribution in [-0.2, 0) is 11.3 Å². The van der Waals surface area contributed by atoms with Crippen LogP contribution >= 0.6 is 0 Å². The van der Waals surface area contributed by atoms with Gasteiger partial charge in [0.1, 0.15) is 0 Å². The first-order valence-corrected chi connectivity index (χ1v) is 8.09. The SMILES string of the molecule is CC(C)CC(=O)N1CC(C)CC(NCc2ccccc2)C1. The molecule has 2 atom stereocenters. The average Bonchev–Trinajstić information content (AvgIpc) is 2.45. The zero-order chi connectivity index (χ0) is 15.2. The average molecular weight is 288 g/mol. The largest absolute Gasteiger partial charge is 0.341 e. The third-order valence-electron chi connectivity index (χ3n) is 4.03. The predicted molar refractivity (Wildman–Crippen MR) is 86.9 cm³/mol. The fraction of sp³-hybridized carbons (Fsp3) is 0.611. The number of nitrogens with zero attached hydrogens (tertiary/aromatic N) is 1. The summed E-state index contributed by atoms with van der Waals surface area (Å²) in [6, 6.07) is 10.9. The third kappa shape index (κ3) is 5.16. The summed E-state index contributed by atoms with van der Waals surface area (Å²) < 4.78 is 0. The van der Waals surface area contributed by atoms with Gasteiger partial charge in [-0.1, -0.05) is 51.1 Å². The van der Waals surface area contributed by atoms with Crippen LogP contribution in [0.1, 0.15) is 39.2 Å². The second-order valence-corrected chi connectivity index (χ2v) is 6.80. The Morgan fingerprint density at radius 1 is 1.29 bits per heavy atom. The zero-order valence-corrected chi connectivity index (χ0v) is 13.5. The van der Waals surface area contributed by atoms with Gasteiger partial charge in [-0.15, -0.1) is 0 Å². The van der Waals surface area contributed by atoms with E-state index >= 15 is 0 Å². The van der Waals surface area contributed by atoms with Gasteiger partial charge in [0.25, 0.3) is 0 Å². The second-order valence-electron chi connectivity index (χ2n) is 6.80. The molecule has 1 saturated heterocycles. The number of benzene rings is 1. The first-order chi connectivity index (χ1) is 10.0. The lowest BCUT2D eigenvalue weighted by Gasteiger charge is -2.37. The standard InChI is InChI=1S/C18H28N2O/c1-14(2)9-18(21)20-12-15(3)10-17(13-20)19-11-16-7-5-4-6-8-16/h4-8,14-15,17,19H,9-13H2,1-3H3. The van der Waals surface area contributed by atoms with E-state index < -0.39 is 0 Å². The van der Waals surface area contributed by atoms with Crippen molar-refractivity contribution >= 4 is 5.91 Å². The van der Waals surface area contributed by atoms with Crippen LogP contribution in [0.4, 0.5) is 0 Å². The molecule has 1 aromatic carbocycles. The minimum absolute atomic E-state index is 0.308. The Kier molecular flexibility index (Phi) is 5.80. The molecule has 1 aliphatic heterocycles. The van der Waals surface area contributed by atoms with Crippen molar-refractivity contribution in [3.05, 3.63) is 35.9 Å². The van der Waals surface area contributed by atoms with Gasteiger partial charge in [-0.2, -0.15) is 0 Å². The minimum atomic E-state index is 0.308. The molecule has 116 valence electrons. The Morgan fingerprint density at radius 3 is 2.67 bits per heavy atom. The molecule has 1 heterocycles. The van der Waals surface area contributed by atoms with Gasteiger partial charge in [-0.05, 0) is 23.8 Å². The molecule has 3 heteroatoms. The molecule has 0 bridgehead atoms. The van der Waals surface area contributed by atoms with Gasteiger partial charge in [0.2, 0.25) is 5.91 Å². The van der Waals surface area contributed by atoms with Crippen LogP contribution in [-0.4, -0.2) is 29.9 Å². The number of amides is 1. The summed E-state index contributed by atoms with van der Waals surface area (Å²) in [5.74, 6) is 1.32. The maximum atomic E-state index is 12.3. The highest BCUT2D eigenvalue weighted by atomic mass is 16.2. The van der Waals surface area contributed by atoms with Crippen LogP contribution in [0.2, 0.25) is 0 Å². The van der Waals surface area contributed by atoms with Gasteiger partial charge in [-0.25, -0.2) is 0 Å². The maximum absolute atomic E-state index is 12.3. The van der Waals surface area contributed by atoms with Gasteiger partial charge in [0.15, 0.2) is 0 Å². The van der Waals surface area contributed by atoms with Crippen molar-refractivity contribution in [1.82, 2.24) is 10.2 Å². The van der Waals surface area contributed by atoms with Gasteiger partial charge < -0.3 is 10.2 Å². The van der Waals surface area contributed by atoms with Crippen molar-refractivity contribution in [2.75, 3.05) is 13.1 Å². The molecule has 0 spiro atoms. The molecule has 0 saturated carbocycles. The number of nitrogens with one attached hydrogen (secondary N) is 1. The normalized spacial score (nSPS) is 22.6. The Bertz CT molecular complexity index is 444. The highest BCUT2D eigenvalue weighted by molar-refractivity contribution is 5.76. The van der Waals surface area contributed by atoms with E-state index in [1.54, 1.807) is 0 Å². The van der Waals surface area contributed by atoms with E-state index in [0.29, 0.717) is 30.2 Å². The van der Waals surface area contributed by atoms with Crippen LogP contribution < -0.4 is 5.32 Å². The summed E-state index contributed by atoms with van der Waals surface area (Å²) in [5.41, 5.74) is 1.30. The topological polar surface area (TPSA) is 32.3 Å². The quantitative estimate of drug-likeness (QED) is 0.903. The molecule has 0 aliphatic carbocycles. The molecule has 1 aromatic rings. The van der Waals surface area contributed by atoms with E-state index in [1.807, 2.05) is 6.07 Å². The van der Waals surface area contributed by atoms with Crippen LogP contribution in [0.3, 0.4) is 0 Å². The second kappa shape index (κ2) is 7.60. The van der Waals surface area contributed by atoms with E-state index in [1.165, 1.54) is 5.56 Å². The summed E-state index contributed by atoms with van der Waals surface area (Å²) in [6.45, 7) is 9.10. The van der Waals surface area contributed by atoms with Crippen LogP contribution in [0.15, 0.2) is 30.3 Å². The van der Waals surface area contributed by atoms with Gasteiger partial charge in [-0.3, -0.25) is 4.79 Å². The van der Waals surface area contributed by atoms with E-state index in [9.17, 15) is 4.79 Å². The molecular formula is C18H28N2O. The van der Waals surface area contributed by atoms with Gasteiger partial charge in [0.05, 0.1) is 0 Å². The predicted octanol–water partition coefficient (Wildman–Crippen LogP) is 3.06. The maximum Gasteiger partial charge on any atom is 0.222 e. The fourth-order valence-corrected chi connectivity index (χ4v) is 3.04. The highest BCUT2D eigenvalue weighted by Crippen LogP contribution is 2.18. The molecule has 3 nitrogen and oxygen atoms in total. The van der Waals surface area contributed by atoms with Crippen molar-refractivity contribution in [2.24, 2.45) is 11.8 Å². The summed E-state index contributed by atoms with van der Waals surface area (Å²) in [7, 11) is 0. The number of likely N-dealkylation sites (tertiary alicyclic amines) is 1. The summed E-state index contributed by atoms with van der Waals surface area (Å²) in [6.07, 6.45) is 1.82. The first-order valence-electron chi connectivity index (χ1n) is 8.09. The van der Waals surface area contributed by atoms with Gasteiger partial charge >= 0.3 is 0 Å². The van der Waals surface area contributed by atoms with Crippen LogP contribution in [0.5, 0.6) is 0 Å².